The van der Waals surface area contributed by atoms with Crippen LogP contribution in [0, 0.1) is 5.92 Å². The SMILES string of the molecule is C=C(C)C1Cc2c(cc(O)c(C(=O)C(C)C)c2O)O1. The van der Waals surface area contributed by atoms with Crippen molar-refractivity contribution in [3.05, 3.63) is 29.3 Å². The van der Waals surface area contributed by atoms with Crippen molar-refractivity contribution in [1.82, 2.24) is 0 Å². The molecule has 2 rings (SSSR count). The fraction of sp³-hybridized carbons (Fsp3) is 0.400. The highest BCUT2D eigenvalue weighted by atomic mass is 16.5. The number of ketones is 1. The lowest BCUT2D eigenvalue weighted by Crippen LogP contribution is -2.13. The van der Waals surface area contributed by atoms with Crippen LogP contribution in [0.4, 0.5) is 0 Å². The Bertz CT molecular complexity index is 558. The molecule has 0 spiro atoms. The van der Waals surface area contributed by atoms with Crippen molar-refractivity contribution >= 4 is 5.78 Å². The second-order valence-corrected chi connectivity index (χ2v) is 5.27. The van der Waals surface area contributed by atoms with Gasteiger partial charge in [-0.15, -0.1) is 0 Å². The summed E-state index contributed by atoms with van der Waals surface area (Å²) in [6, 6.07) is 1.40. The van der Waals surface area contributed by atoms with Crippen molar-refractivity contribution in [3.8, 4) is 17.2 Å². The fourth-order valence-electron chi connectivity index (χ4n) is 2.16. The number of hydrogen-bond acceptors (Lipinski definition) is 4. The summed E-state index contributed by atoms with van der Waals surface area (Å²) < 4.78 is 5.59. The van der Waals surface area contributed by atoms with Crippen LogP contribution < -0.4 is 4.74 Å². The van der Waals surface area contributed by atoms with Gasteiger partial charge in [0, 0.05) is 24.0 Å². The number of phenolic OH excluding ortho intramolecular Hbond substituents is 2. The van der Waals surface area contributed by atoms with Crippen LogP contribution in [0.5, 0.6) is 17.2 Å². The van der Waals surface area contributed by atoms with Crippen molar-refractivity contribution in [2.75, 3.05) is 0 Å². The van der Waals surface area contributed by atoms with Gasteiger partial charge >= 0.3 is 0 Å². The van der Waals surface area contributed by atoms with Crippen LogP contribution in [0.2, 0.25) is 0 Å². The molecule has 0 saturated heterocycles. The van der Waals surface area contributed by atoms with E-state index in [1.165, 1.54) is 6.07 Å². The second-order valence-electron chi connectivity index (χ2n) is 5.27. The number of aromatic hydroxyl groups is 2. The van der Waals surface area contributed by atoms with Crippen molar-refractivity contribution < 1.29 is 19.7 Å². The van der Waals surface area contributed by atoms with Gasteiger partial charge in [-0.3, -0.25) is 4.79 Å². The molecule has 0 aliphatic carbocycles. The molecule has 2 N–H and O–H groups in total. The van der Waals surface area contributed by atoms with Gasteiger partial charge in [0.25, 0.3) is 0 Å². The molecular weight excluding hydrogens is 244 g/mol. The third kappa shape index (κ3) is 2.18. The lowest BCUT2D eigenvalue weighted by atomic mass is 9.95. The van der Waals surface area contributed by atoms with Crippen LogP contribution in [0.3, 0.4) is 0 Å². The predicted molar refractivity (Wildman–Crippen MR) is 71.9 cm³/mol. The van der Waals surface area contributed by atoms with Gasteiger partial charge in [-0.2, -0.15) is 0 Å². The first-order chi connectivity index (χ1) is 8.82. The van der Waals surface area contributed by atoms with Gasteiger partial charge in [0.2, 0.25) is 0 Å². The molecule has 1 aliphatic rings. The van der Waals surface area contributed by atoms with E-state index in [1.54, 1.807) is 13.8 Å². The van der Waals surface area contributed by atoms with Gasteiger partial charge < -0.3 is 14.9 Å². The maximum Gasteiger partial charge on any atom is 0.172 e. The van der Waals surface area contributed by atoms with Gasteiger partial charge in [-0.05, 0) is 12.5 Å². The minimum atomic E-state index is -0.297. The minimum Gasteiger partial charge on any atom is -0.507 e. The quantitative estimate of drug-likeness (QED) is 0.649. The topological polar surface area (TPSA) is 66.8 Å². The predicted octanol–water partition coefficient (Wildman–Crippen LogP) is 2.82. The molecule has 0 aromatic heterocycles. The Hall–Kier alpha value is -1.97. The number of ether oxygens (including phenoxy) is 1. The summed E-state index contributed by atoms with van der Waals surface area (Å²) in [5, 5.41) is 20.1. The molecule has 4 heteroatoms. The number of benzene rings is 1. The standard InChI is InChI=1S/C15H18O4/c1-7(2)11-5-9-12(19-11)6-10(16)13(15(9)18)14(17)8(3)4/h6,8,11,16,18H,1,5H2,2-4H3. The van der Waals surface area contributed by atoms with E-state index in [0.29, 0.717) is 17.7 Å². The molecule has 1 aromatic carbocycles. The summed E-state index contributed by atoms with van der Waals surface area (Å²) in [5.74, 6) is -0.566. The van der Waals surface area contributed by atoms with Gasteiger partial charge in [-0.1, -0.05) is 20.4 Å². The zero-order valence-corrected chi connectivity index (χ0v) is 11.4. The number of carbonyl (C=O) groups is 1. The molecule has 1 aliphatic heterocycles. The number of rotatable bonds is 3. The molecule has 0 amide bonds. The highest BCUT2D eigenvalue weighted by Crippen LogP contribution is 2.44. The smallest absolute Gasteiger partial charge is 0.172 e. The Morgan fingerprint density at radius 2 is 2.11 bits per heavy atom. The summed E-state index contributed by atoms with van der Waals surface area (Å²) >= 11 is 0. The molecule has 1 heterocycles. The molecule has 0 bridgehead atoms. The highest BCUT2D eigenvalue weighted by molar-refractivity contribution is 6.03. The van der Waals surface area contributed by atoms with Crippen LogP contribution in [0.25, 0.3) is 0 Å². The number of fused-ring (bicyclic) bond motifs is 1. The molecule has 1 unspecified atom stereocenters. The highest BCUT2D eigenvalue weighted by Gasteiger charge is 2.31. The number of carbonyl (C=O) groups excluding carboxylic acids is 1. The Kier molecular flexibility index (Phi) is 3.27. The molecule has 1 aromatic rings. The summed E-state index contributed by atoms with van der Waals surface area (Å²) in [5.41, 5.74) is 1.39. The Morgan fingerprint density at radius 1 is 1.47 bits per heavy atom. The zero-order chi connectivity index (χ0) is 14.3. The molecule has 1 atom stereocenters. The summed E-state index contributed by atoms with van der Waals surface area (Å²) in [6.07, 6.45) is 0.250. The van der Waals surface area contributed by atoms with E-state index in [9.17, 15) is 15.0 Å². The first-order valence-electron chi connectivity index (χ1n) is 6.27. The van der Waals surface area contributed by atoms with Gasteiger partial charge in [-0.25, -0.2) is 0 Å². The molecule has 19 heavy (non-hydrogen) atoms. The van der Waals surface area contributed by atoms with E-state index in [-0.39, 0.29) is 34.9 Å². The van der Waals surface area contributed by atoms with E-state index in [0.717, 1.165) is 5.57 Å². The van der Waals surface area contributed by atoms with Crippen LogP contribution >= 0.6 is 0 Å². The van der Waals surface area contributed by atoms with E-state index in [1.807, 2.05) is 6.92 Å². The fourth-order valence-corrected chi connectivity index (χ4v) is 2.16. The molecule has 102 valence electrons. The van der Waals surface area contributed by atoms with E-state index in [4.69, 9.17) is 4.74 Å². The van der Waals surface area contributed by atoms with Crippen LogP contribution in [0.1, 0.15) is 36.7 Å². The summed E-state index contributed by atoms with van der Waals surface area (Å²) in [7, 11) is 0. The number of phenols is 2. The van der Waals surface area contributed by atoms with Crippen LogP contribution in [-0.4, -0.2) is 22.1 Å². The van der Waals surface area contributed by atoms with Crippen molar-refractivity contribution in [2.24, 2.45) is 5.92 Å². The second kappa shape index (κ2) is 4.61. The van der Waals surface area contributed by atoms with Gasteiger partial charge in [0.15, 0.2) is 5.78 Å². The lowest BCUT2D eigenvalue weighted by Gasteiger charge is -2.11. The van der Waals surface area contributed by atoms with Crippen molar-refractivity contribution in [1.29, 1.82) is 0 Å². The monoisotopic (exact) mass is 262 g/mol. The van der Waals surface area contributed by atoms with E-state index in [2.05, 4.69) is 6.58 Å². The molecule has 0 saturated carbocycles. The van der Waals surface area contributed by atoms with E-state index >= 15 is 0 Å². The zero-order valence-electron chi connectivity index (χ0n) is 11.4. The van der Waals surface area contributed by atoms with Crippen LogP contribution in [-0.2, 0) is 6.42 Å². The largest absolute Gasteiger partial charge is 0.507 e. The minimum absolute atomic E-state index is 0.0142. The van der Waals surface area contributed by atoms with Gasteiger partial charge in [0.05, 0.1) is 0 Å². The Morgan fingerprint density at radius 3 is 2.63 bits per heavy atom. The third-order valence-corrected chi connectivity index (χ3v) is 3.32. The Labute approximate surface area is 112 Å². The number of hydrogen-bond donors (Lipinski definition) is 2. The normalized spacial score (nSPS) is 17.2. The van der Waals surface area contributed by atoms with Crippen LogP contribution in [0.15, 0.2) is 18.2 Å². The molecule has 0 radical (unpaired) electrons. The lowest BCUT2D eigenvalue weighted by molar-refractivity contribution is 0.0933. The molecular formula is C15H18O4. The van der Waals surface area contributed by atoms with Crippen molar-refractivity contribution in [2.45, 2.75) is 33.3 Å². The average molecular weight is 262 g/mol. The first-order valence-corrected chi connectivity index (χ1v) is 6.27. The van der Waals surface area contributed by atoms with Crippen molar-refractivity contribution in [3.63, 3.8) is 0 Å². The summed E-state index contributed by atoms with van der Waals surface area (Å²) in [4.78, 5) is 12.0. The number of Topliss-reactive ketones (excluding diaryl/α,β-unsaturated/α-hetero) is 1. The maximum atomic E-state index is 12.0. The third-order valence-electron chi connectivity index (χ3n) is 3.32. The molecule has 0 fully saturated rings. The summed E-state index contributed by atoms with van der Waals surface area (Å²) in [6.45, 7) is 9.11. The van der Waals surface area contributed by atoms with E-state index < -0.39 is 0 Å². The first kappa shape index (κ1) is 13.5. The Balaban J connectivity index is 2.50. The average Bonchev–Trinajstić information content (AvgIpc) is 2.72. The maximum absolute atomic E-state index is 12.0. The van der Waals surface area contributed by atoms with Gasteiger partial charge in [0.1, 0.15) is 28.9 Å². The molecule has 4 nitrogen and oxygen atoms in total.